The van der Waals surface area contributed by atoms with Crippen LogP contribution in [0.25, 0.3) is 0 Å². The number of carbonyl (C=O) groups excluding carboxylic acids is 3. The molecule has 4 atom stereocenters. The first-order valence-corrected chi connectivity index (χ1v) is 12.5. The Morgan fingerprint density at radius 1 is 1.07 bits per heavy atom. The average molecular weight is 428 g/mol. The molecule has 160 valence electrons. The smallest absolute Gasteiger partial charge is 0.250 e. The molecule has 7 heteroatoms. The van der Waals surface area contributed by atoms with E-state index < -0.39 is 17.4 Å². The molecule has 2 saturated heterocycles. The lowest BCUT2D eigenvalue weighted by Crippen LogP contribution is -2.54. The second kappa shape index (κ2) is 7.68. The highest BCUT2D eigenvalue weighted by molar-refractivity contribution is 7.98. The fourth-order valence-corrected chi connectivity index (χ4v) is 6.64. The molecular weight excluding hydrogens is 398 g/mol. The maximum absolute atomic E-state index is 13.8. The molecule has 3 heterocycles. The zero-order valence-electron chi connectivity index (χ0n) is 17.4. The number of anilines is 1. The van der Waals surface area contributed by atoms with Gasteiger partial charge in [0.05, 0.1) is 11.8 Å². The normalized spacial score (nSPS) is 33.7. The maximum atomic E-state index is 13.8. The summed E-state index contributed by atoms with van der Waals surface area (Å²) in [6, 6.07) is 7.38. The minimum atomic E-state index is -1.14. The molecule has 30 heavy (non-hydrogen) atoms. The first-order chi connectivity index (χ1) is 14.6. The van der Waals surface area contributed by atoms with Crippen LogP contribution in [0.4, 0.5) is 5.69 Å². The van der Waals surface area contributed by atoms with Gasteiger partial charge in [0, 0.05) is 23.3 Å². The van der Waals surface area contributed by atoms with Gasteiger partial charge in [-0.15, -0.1) is 0 Å². The highest BCUT2D eigenvalue weighted by Gasteiger charge is 2.70. The maximum Gasteiger partial charge on any atom is 0.250 e. The number of carbonyl (C=O) groups is 3. The zero-order chi connectivity index (χ0) is 20.9. The summed E-state index contributed by atoms with van der Waals surface area (Å²) in [5, 5.41) is 6.48. The molecule has 1 aromatic carbocycles. The van der Waals surface area contributed by atoms with Crippen LogP contribution in [0, 0.1) is 11.8 Å². The van der Waals surface area contributed by atoms with E-state index >= 15 is 0 Å². The molecule has 1 saturated carbocycles. The van der Waals surface area contributed by atoms with Crippen LogP contribution in [0.5, 0.6) is 0 Å². The van der Waals surface area contributed by atoms with Crippen LogP contribution >= 0.6 is 11.8 Å². The van der Waals surface area contributed by atoms with Crippen molar-refractivity contribution in [3.8, 4) is 0 Å². The van der Waals surface area contributed by atoms with Crippen molar-refractivity contribution in [1.29, 1.82) is 0 Å². The number of rotatable bonds is 4. The van der Waals surface area contributed by atoms with Gasteiger partial charge in [-0.25, -0.2) is 0 Å². The Bertz CT molecular complexity index is 882. The highest BCUT2D eigenvalue weighted by Crippen LogP contribution is 2.54. The standard InChI is InChI=1S/C23H29N3O3S/c1-30-13-12-17-18-19(21(28)26(20(18)27)14-8-4-2-3-5-9-14)23(25-17)15-10-6-7-11-16(15)24-22(23)29/h6-7,10-11,14,17-19,25H,2-5,8-9,12-13H2,1H3,(H,24,29)/t17-,18+,19-,23+/m0/s1. The fraction of sp³-hybridized carbons (Fsp3) is 0.609. The Morgan fingerprint density at radius 3 is 2.53 bits per heavy atom. The molecule has 0 bridgehead atoms. The Kier molecular flexibility index (Phi) is 5.14. The van der Waals surface area contributed by atoms with Gasteiger partial charge in [-0.2, -0.15) is 11.8 Å². The van der Waals surface area contributed by atoms with Crippen LogP contribution in [0.1, 0.15) is 50.5 Å². The van der Waals surface area contributed by atoms with Gasteiger partial charge in [0.1, 0.15) is 5.54 Å². The molecule has 2 N–H and O–H groups in total. The predicted molar refractivity (Wildman–Crippen MR) is 117 cm³/mol. The fourth-order valence-electron chi connectivity index (χ4n) is 6.15. The molecule has 6 nitrogen and oxygen atoms in total. The van der Waals surface area contributed by atoms with Gasteiger partial charge in [0.15, 0.2) is 0 Å². The average Bonchev–Trinajstić information content (AvgIpc) is 3.21. The number of hydrogen-bond acceptors (Lipinski definition) is 5. The number of fused-ring (bicyclic) bond motifs is 4. The van der Waals surface area contributed by atoms with E-state index in [1.165, 1.54) is 0 Å². The molecule has 1 spiro atoms. The van der Waals surface area contributed by atoms with Crippen LogP contribution in [-0.4, -0.2) is 46.7 Å². The van der Waals surface area contributed by atoms with Crippen LogP contribution in [-0.2, 0) is 19.9 Å². The minimum absolute atomic E-state index is 0.0175. The van der Waals surface area contributed by atoms with Gasteiger partial charge in [0.25, 0.3) is 0 Å². The van der Waals surface area contributed by atoms with E-state index in [0.717, 1.165) is 61.9 Å². The molecule has 3 aliphatic heterocycles. The van der Waals surface area contributed by atoms with Gasteiger partial charge in [0.2, 0.25) is 17.7 Å². The number of imide groups is 1. The first-order valence-electron chi connectivity index (χ1n) is 11.1. The van der Waals surface area contributed by atoms with Crippen molar-refractivity contribution in [2.75, 3.05) is 17.3 Å². The highest BCUT2D eigenvalue weighted by atomic mass is 32.2. The molecule has 4 aliphatic rings. The monoisotopic (exact) mass is 427 g/mol. The zero-order valence-corrected chi connectivity index (χ0v) is 18.2. The van der Waals surface area contributed by atoms with E-state index in [2.05, 4.69) is 10.6 Å². The third-order valence-corrected chi connectivity index (χ3v) is 8.12. The van der Waals surface area contributed by atoms with Crippen molar-refractivity contribution >= 4 is 35.2 Å². The molecule has 3 amide bonds. The van der Waals surface area contributed by atoms with Crippen LogP contribution in [0.2, 0.25) is 0 Å². The van der Waals surface area contributed by atoms with Gasteiger partial charge in [-0.3, -0.25) is 24.6 Å². The second-order valence-corrected chi connectivity index (χ2v) is 10.0. The summed E-state index contributed by atoms with van der Waals surface area (Å²) in [4.78, 5) is 42.4. The number of thioether (sulfide) groups is 1. The third-order valence-electron chi connectivity index (χ3n) is 7.48. The summed E-state index contributed by atoms with van der Waals surface area (Å²) in [7, 11) is 0. The Hall–Kier alpha value is -1.86. The summed E-state index contributed by atoms with van der Waals surface area (Å²) < 4.78 is 0. The summed E-state index contributed by atoms with van der Waals surface area (Å²) in [6.45, 7) is 0. The van der Waals surface area contributed by atoms with Gasteiger partial charge in [-0.1, -0.05) is 43.9 Å². The van der Waals surface area contributed by atoms with E-state index in [-0.39, 0.29) is 29.8 Å². The van der Waals surface area contributed by atoms with Crippen molar-refractivity contribution in [2.24, 2.45) is 11.8 Å². The molecule has 0 unspecified atom stereocenters. The van der Waals surface area contributed by atoms with Crippen LogP contribution in [0.3, 0.4) is 0 Å². The van der Waals surface area contributed by atoms with Crippen LogP contribution < -0.4 is 10.6 Å². The van der Waals surface area contributed by atoms with Crippen molar-refractivity contribution in [3.63, 3.8) is 0 Å². The second-order valence-electron chi connectivity index (χ2n) is 9.04. The third kappa shape index (κ3) is 2.78. The first kappa shape index (κ1) is 20.1. The number of benzene rings is 1. The SMILES string of the molecule is CSCC[C@@H]1N[C@@]2(C(=O)Nc3ccccc32)[C@@H]2C(=O)N(C3CCCCCC3)C(=O)[C@H]12. The summed E-state index contributed by atoms with van der Waals surface area (Å²) in [5.41, 5.74) is 0.407. The summed E-state index contributed by atoms with van der Waals surface area (Å²) >= 11 is 1.72. The van der Waals surface area contributed by atoms with E-state index in [1.807, 2.05) is 30.5 Å². The van der Waals surface area contributed by atoms with Crippen molar-refractivity contribution in [3.05, 3.63) is 29.8 Å². The number of hydrogen-bond donors (Lipinski definition) is 2. The molecule has 5 rings (SSSR count). The van der Waals surface area contributed by atoms with E-state index in [4.69, 9.17) is 0 Å². The summed E-state index contributed by atoms with van der Waals surface area (Å²) in [6.07, 6.45) is 9.01. The predicted octanol–water partition coefficient (Wildman–Crippen LogP) is 2.88. The minimum Gasteiger partial charge on any atom is -0.324 e. The number of amides is 3. The van der Waals surface area contributed by atoms with Crippen molar-refractivity contribution < 1.29 is 14.4 Å². The molecular formula is C23H29N3O3S. The summed E-state index contributed by atoms with van der Waals surface area (Å²) in [5.74, 6) is -0.666. The van der Waals surface area contributed by atoms with Crippen LogP contribution in [0.15, 0.2) is 24.3 Å². The van der Waals surface area contributed by atoms with Crippen molar-refractivity contribution in [2.45, 2.75) is 62.6 Å². The quantitative estimate of drug-likeness (QED) is 0.571. The largest absolute Gasteiger partial charge is 0.324 e. The van der Waals surface area contributed by atoms with Crippen molar-refractivity contribution in [1.82, 2.24) is 10.2 Å². The molecule has 3 fully saturated rings. The van der Waals surface area contributed by atoms with Gasteiger partial charge in [-0.05, 0) is 37.3 Å². The molecule has 1 aliphatic carbocycles. The molecule has 0 radical (unpaired) electrons. The van der Waals surface area contributed by atoms with Gasteiger partial charge < -0.3 is 5.32 Å². The number of nitrogens with one attached hydrogen (secondary N) is 2. The lowest BCUT2D eigenvalue weighted by Gasteiger charge is -2.32. The Balaban J connectivity index is 1.58. The van der Waals surface area contributed by atoms with E-state index in [0.29, 0.717) is 0 Å². The van der Waals surface area contributed by atoms with E-state index in [9.17, 15) is 14.4 Å². The Labute approximate surface area is 181 Å². The topological polar surface area (TPSA) is 78.5 Å². The lowest BCUT2D eigenvalue weighted by atomic mass is 9.76. The number of nitrogens with zero attached hydrogens (tertiary/aromatic N) is 1. The number of likely N-dealkylation sites (tertiary alicyclic amines) is 1. The Morgan fingerprint density at radius 2 is 1.80 bits per heavy atom. The van der Waals surface area contributed by atoms with E-state index in [1.54, 1.807) is 16.7 Å². The molecule has 0 aromatic heterocycles. The number of para-hydroxylation sites is 1. The molecule has 1 aromatic rings. The van der Waals surface area contributed by atoms with Gasteiger partial charge >= 0.3 is 0 Å². The lowest BCUT2D eigenvalue weighted by molar-refractivity contribution is -0.145.